The Hall–Kier alpha value is 1.06. The van der Waals surface area contributed by atoms with Crippen molar-refractivity contribution in [1.82, 2.24) is 0 Å². The number of hydrogen-bond donors (Lipinski definition) is 0. The first-order valence-electron chi connectivity index (χ1n) is 22.5. The van der Waals surface area contributed by atoms with Crippen LogP contribution < -0.4 is 0 Å². The van der Waals surface area contributed by atoms with Crippen molar-refractivity contribution in [2.24, 2.45) is 0 Å². The normalized spacial score (nSPS) is 12.9. The van der Waals surface area contributed by atoms with Gasteiger partial charge in [-0.15, -0.1) is 0 Å². The molecule has 62 heavy (non-hydrogen) atoms. The van der Waals surface area contributed by atoms with Gasteiger partial charge in [-0.05, 0) is 89.5 Å². The summed E-state index contributed by atoms with van der Waals surface area (Å²) >= 11 is 7.50. The van der Waals surface area contributed by atoms with Crippen molar-refractivity contribution in [2.75, 3.05) is 0 Å². The van der Waals surface area contributed by atoms with Crippen molar-refractivity contribution in [3.8, 4) is 22.3 Å². The summed E-state index contributed by atoms with van der Waals surface area (Å²) in [5.41, 5.74) is 12.6. The fourth-order valence-corrected chi connectivity index (χ4v) is 49.0. The van der Waals surface area contributed by atoms with Gasteiger partial charge in [0.2, 0.25) is 0 Å². The Morgan fingerprint density at radius 3 is 0.952 bits per heavy atom. The van der Waals surface area contributed by atoms with Crippen LogP contribution in [0.4, 0.5) is 0 Å². The minimum atomic E-state index is -1.39. The van der Waals surface area contributed by atoms with Crippen LogP contribution in [0.2, 0.25) is 118 Å². The Morgan fingerprint density at radius 2 is 0.694 bits per heavy atom. The van der Waals surface area contributed by atoms with Gasteiger partial charge in [0.05, 0.1) is 0 Å². The third-order valence-corrected chi connectivity index (χ3v) is 59.8. The van der Waals surface area contributed by atoms with E-state index in [0.29, 0.717) is 11.8 Å². The van der Waals surface area contributed by atoms with Crippen LogP contribution in [0.1, 0.15) is 82.8 Å². The Labute approximate surface area is 432 Å². The van der Waals surface area contributed by atoms with Crippen molar-refractivity contribution in [3.05, 3.63) is 119 Å². The summed E-state index contributed by atoms with van der Waals surface area (Å²) in [4.78, 5) is 0. The van der Waals surface area contributed by atoms with Gasteiger partial charge in [-0.1, -0.05) is 224 Å². The zero-order valence-corrected chi connectivity index (χ0v) is 58.7. The molecular formula is C51H84Se4Si6Sn. The quantitative estimate of drug-likeness (QED) is 0.110. The van der Waals surface area contributed by atoms with Crippen molar-refractivity contribution < 1.29 is 0 Å². The minimum absolute atomic E-state index is 0. The SMILES string of the molecule is CC(C)c1ccccc1-c1[c]c(-c2ccccc2C(C)C)ccc1.C[Si](C)(C)C(c1[c]c(C([Si](C)(C)C)[Si](C)(C)C)cc(C([Si](C)(C)C)[Si](C)(C)C)c1)[Si](C)(C)C.[Se-][Se][Se][Se-].[Sn+2]. The van der Waals surface area contributed by atoms with Crippen LogP contribution in [0.25, 0.3) is 22.3 Å². The molecule has 0 unspecified atom stereocenters. The molecule has 0 heterocycles. The third-order valence-electron chi connectivity index (χ3n) is 11.7. The summed E-state index contributed by atoms with van der Waals surface area (Å²) in [5.74, 6) is 1.00. The van der Waals surface area contributed by atoms with Crippen molar-refractivity contribution in [3.63, 3.8) is 0 Å². The molecule has 4 aromatic carbocycles. The Bertz CT molecular complexity index is 1740. The van der Waals surface area contributed by atoms with Crippen LogP contribution >= 0.6 is 0 Å². The molecule has 0 spiro atoms. The zero-order valence-electron chi connectivity index (χ0n) is 43.0. The molecular weight excluding hydrogens is 1220 g/mol. The second kappa shape index (κ2) is 25.1. The molecule has 0 nitrogen and oxygen atoms in total. The van der Waals surface area contributed by atoms with Crippen LogP contribution in [-0.4, -0.2) is 123 Å². The van der Waals surface area contributed by atoms with E-state index in [-0.39, 0.29) is 23.9 Å². The van der Waals surface area contributed by atoms with Gasteiger partial charge in [0.15, 0.2) is 0 Å². The van der Waals surface area contributed by atoms with E-state index < -0.39 is 48.4 Å². The summed E-state index contributed by atoms with van der Waals surface area (Å²) in [7, 11) is -8.28. The topological polar surface area (TPSA) is 0 Å². The molecule has 0 aliphatic carbocycles. The maximum Gasteiger partial charge on any atom is 2.00 e. The second-order valence-electron chi connectivity index (χ2n) is 24.4. The Balaban J connectivity index is 0.000000581. The molecule has 0 aliphatic rings. The first-order chi connectivity index (χ1) is 27.7. The number of hydrogen-bond acceptors (Lipinski definition) is 0. The van der Waals surface area contributed by atoms with Crippen LogP contribution in [-0.2, 0) is 0 Å². The number of benzene rings is 4. The number of rotatable bonds is 14. The van der Waals surface area contributed by atoms with Crippen molar-refractivity contribution in [1.29, 1.82) is 0 Å². The second-order valence-corrected chi connectivity index (χ2v) is 77.0. The van der Waals surface area contributed by atoms with E-state index in [2.05, 4.69) is 265 Å². The Kier molecular flexibility index (Phi) is 24.7. The first-order valence-corrected chi connectivity index (χ1v) is 57.0. The van der Waals surface area contributed by atoms with E-state index >= 15 is 0 Å². The molecule has 4 aromatic rings. The molecule has 11 heteroatoms. The molecule has 0 N–H and O–H groups in total. The zero-order chi connectivity index (χ0) is 47.1. The molecule has 0 amide bonds. The standard InChI is InChI=1S/C27H59Si6.C24H25.H2Se4.Sn/c1-28(2,3)25(29(4,5)6)22-19-23(26(30(7,8)9)31(10,11)12)21-24(20-22)27(32(13,14)15)33(16,17)18;1-17(2)21-12-5-7-14-23(21)19-10-9-11-20(16-19)24-15-8-6-13-22(24)18(3)4;1-3-4-2;/h19-20,25-27H,1-18H3;5-15,17-18H,1-4H3;1-2H;/q;;;+2/p-2. The van der Waals surface area contributed by atoms with Gasteiger partial charge in [-0.3, -0.25) is 0 Å². The van der Waals surface area contributed by atoms with E-state index in [4.69, 9.17) is 0 Å². The fourth-order valence-electron chi connectivity index (χ4n) is 11.2. The van der Waals surface area contributed by atoms with E-state index in [0.717, 1.165) is 38.1 Å². The maximum atomic E-state index is 4.24. The average Bonchev–Trinajstić information content (AvgIpc) is 3.08. The summed E-state index contributed by atoms with van der Waals surface area (Å²) < 4.78 is 0. The van der Waals surface area contributed by atoms with Crippen LogP contribution in [0, 0.1) is 12.1 Å². The van der Waals surface area contributed by atoms with Gasteiger partial charge < -0.3 is 0 Å². The third kappa shape index (κ3) is 18.2. The summed E-state index contributed by atoms with van der Waals surface area (Å²) in [5, 5.41) is 2.32. The molecule has 0 aliphatic heterocycles. The average molecular weight is 1300 g/mol. The van der Waals surface area contributed by atoms with E-state index in [9.17, 15) is 0 Å². The van der Waals surface area contributed by atoms with Gasteiger partial charge >= 0.3 is 74.9 Å². The monoisotopic (exact) mass is 1300 g/mol. The fraction of sp³-hybridized carbons (Fsp3) is 0.529. The van der Waals surface area contributed by atoms with Gasteiger partial charge in [0.25, 0.3) is 0 Å². The molecule has 4 rings (SSSR count). The van der Waals surface area contributed by atoms with Crippen LogP contribution in [0.5, 0.6) is 0 Å². The molecule has 0 saturated carbocycles. The predicted octanol–water partition coefficient (Wildman–Crippen LogP) is 15.2. The van der Waals surface area contributed by atoms with Gasteiger partial charge in [-0.25, -0.2) is 0 Å². The van der Waals surface area contributed by atoms with E-state index in [1.165, 1.54) is 33.4 Å². The molecule has 340 valence electrons. The van der Waals surface area contributed by atoms with E-state index in [1.807, 2.05) is 0 Å². The molecule has 0 saturated heterocycles. The van der Waals surface area contributed by atoms with Gasteiger partial charge in [-0.2, -0.15) is 0 Å². The van der Waals surface area contributed by atoms with Gasteiger partial charge in [0.1, 0.15) is 0 Å². The predicted molar refractivity (Wildman–Crippen MR) is 307 cm³/mol. The van der Waals surface area contributed by atoms with Crippen LogP contribution in [0.3, 0.4) is 0 Å². The summed E-state index contributed by atoms with van der Waals surface area (Å²) in [6.07, 6.45) is 0. The van der Waals surface area contributed by atoms with E-state index in [1.54, 1.807) is 16.7 Å². The molecule has 0 atom stereocenters. The summed E-state index contributed by atoms with van der Waals surface area (Å²) in [6.45, 7) is 56.0. The minimum Gasteiger partial charge on any atom is 2.00 e. The molecule has 4 radical (unpaired) electrons. The summed E-state index contributed by atoms with van der Waals surface area (Å²) in [6, 6.07) is 37.1. The van der Waals surface area contributed by atoms with Crippen LogP contribution in [0.15, 0.2) is 78.9 Å². The Morgan fingerprint density at radius 1 is 0.403 bits per heavy atom. The van der Waals surface area contributed by atoms with Gasteiger partial charge in [0, 0.05) is 48.4 Å². The smallest absolute Gasteiger partial charge is 2.00 e. The molecule has 0 fully saturated rings. The van der Waals surface area contributed by atoms with Crippen molar-refractivity contribution >= 4 is 123 Å². The first kappa shape index (κ1) is 61.1. The van der Waals surface area contributed by atoms with Crippen molar-refractivity contribution in [2.45, 2.75) is 173 Å². The largest absolute Gasteiger partial charge is 2.00 e. The molecule has 0 aromatic heterocycles. The maximum absolute atomic E-state index is 4.24. The molecule has 0 bridgehead atoms.